The normalized spacial score (nSPS) is 25.8. The van der Waals surface area contributed by atoms with Crippen LogP contribution in [0, 0.1) is 11.2 Å². The lowest BCUT2D eigenvalue weighted by Gasteiger charge is -2.48. The highest BCUT2D eigenvalue weighted by molar-refractivity contribution is 5.75. The van der Waals surface area contributed by atoms with Crippen LogP contribution in [-0.4, -0.2) is 97.8 Å². The maximum absolute atomic E-state index is 14.1. The molecule has 2 saturated heterocycles. The van der Waals surface area contributed by atoms with Gasteiger partial charge in [0.1, 0.15) is 11.6 Å². The topological polar surface area (TPSA) is 52.2 Å². The van der Waals surface area contributed by atoms with Crippen molar-refractivity contribution >= 4 is 17.5 Å². The van der Waals surface area contributed by atoms with E-state index in [0.29, 0.717) is 18.1 Å². The SMILES string of the molecule is CCOC(=O)N1CC2(CC[C@@H](N3CCN(c4ncc(F)cc4C4=CCN(C)CC4)CC3)C2)C1. The van der Waals surface area contributed by atoms with Crippen molar-refractivity contribution in [3.63, 3.8) is 0 Å². The minimum Gasteiger partial charge on any atom is -0.450 e. The fraction of sp³-hybridized carbons (Fsp3) is 0.680. The van der Waals surface area contributed by atoms with E-state index in [-0.39, 0.29) is 11.9 Å². The first kappa shape index (κ1) is 22.6. The fourth-order valence-electron chi connectivity index (χ4n) is 6.12. The Kier molecular flexibility index (Phi) is 6.31. The van der Waals surface area contributed by atoms with Gasteiger partial charge in [-0.25, -0.2) is 14.2 Å². The lowest BCUT2D eigenvalue weighted by atomic mass is 9.78. The molecule has 3 aliphatic heterocycles. The van der Waals surface area contributed by atoms with Gasteiger partial charge < -0.3 is 19.4 Å². The Morgan fingerprint density at radius 1 is 1.24 bits per heavy atom. The minimum absolute atomic E-state index is 0.164. The summed E-state index contributed by atoms with van der Waals surface area (Å²) in [6.45, 7) is 9.70. The standard InChI is InChI=1S/C25H36FN5O2/c1-3-33-24(32)31-17-25(18-31)7-4-21(15-25)29-10-12-30(13-11-29)23-22(14-20(26)16-27-23)19-5-8-28(2)9-6-19/h5,14,16,21H,3-4,6-13,15,17-18H2,1-2H3/t21-/m1/s1. The second kappa shape index (κ2) is 9.22. The van der Waals surface area contributed by atoms with Gasteiger partial charge in [0.2, 0.25) is 0 Å². The molecule has 1 aromatic heterocycles. The third-order valence-electron chi connectivity index (χ3n) is 7.98. The second-order valence-electron chi connectivity index (χ2n) is 10.2. The molecular formula is C25H36FN5O2. The molecule has 4 aliphatic rings. The molecule has 0 radical (unpaired) electrons. The summed E-state index contributed by atoms with van der Waals surface area (Å²) in [7, 11) is 2.11. The molecule has 4 heterocycles. The fourth-order valence-corrected chi connectivity index (χ4v) is 6.12. The van der Waals surface area contributed by atoms with Gasteiger partial charge in [-0.1, -0.05) is 6.08 Å². The van der Waals surface area contributed by atoms with Crippen molar-refractivity contribution in [2.75, 3.05) is 70.9 Å². The highest BCUT2D eigenvalue weighted by Gasteiger charge is 2.51. The van der Waals surface area contributed by atoms with Crippen molar-refractivity contribution in [2.45, 2.75) is 38.6 Å². The molecule has 8 heteroatoms. The zero-order valence-electron chi connectivity index (χ0n) is 19.9. The van der Waals surface area contributed by atoms with Gasteiger partial charge in [-0.05, 0) is 51.3 Å². The lowest BCUT2D eigenvalue weighted by Crippen LogP contribution is -2.58. The number of hydrogen-bond donors (Lipinski definition) is 0. The van der Waals surface area contributed by atoms with Crippen LogP contribution in [0.2, 0.25) is 0 Å². The van der Waals surface area contributed by atoms with Crippen molar-refractivity contribution in [1.82, 2.24) is 19.7 Å². The van der Waals surface area contributed by atoms with Crippen LogP contribution in [0.3, 0.4) is 0 Å². The van der Waals surface area contributed by atoms with Gasteiger partial charge in [-0.3, -0.25) is 4.90 Å². The Labute approximate surface area is 196 Å². The summed E-state index contributed by atoms with van der Waals surface area (Å²) < 4.78 is 19.2. The quantitative estimate of drug-likeness (QED) is 0.693. The maximum Gasteiger partial charge on any atom is 0.409 e. The van der Waals surface area contributed by atoms with E-state index in [1.54, 1.807) is 6.07 Å². The molecule has 0 aromatic carbocycles. The number of ether oxygens (including phenoxy) is 1. The largest absolute Gasteiger partial charge is 0.450 e. The lowest BCUT2D eigenvalue weighted by molar-refractivity contribution is -0.00294. The number of likely N-dealkylation sites (tertiary alicyclic amines) is 1. The molecule has 1 aromatic rings. The van der Waals surface area contributed by atoms with Crippen molar-refractivity contribution in [3.8, 4) is 0 Å². The summed E-state index contributed by atoms with van der Waals surface area (Å²) in [4.78, 5) is 25.6. The third-order valence-corrected chi connectivity index (χ3v) is 7.98. The van der Waals surface area contributed by atoms with Gasteiger partial charge in [0, 0.05) is 69.4 Å². The number of likely N-dealkylation sites (N-methyl/N-ethyl adjacent to an activating group) is 1. The molecule has 0 bridgehead atoms. The number of pyridine rings is 1. The number of piperazine rings is 1. The Morgan fingerprint density at radius 2 is 2.03 bits per heavy atom. The minimum atomic E-state index is -0.263. The first-order valence-electron chi connectivity index (χ1n) is 12.4. The molecule has 7 nitrogen and oxygen atoms in total. The van der Waals surface area contributed by atoms with Crippen LogP contribution in [0.15, 0.2) is 18.3 Å². The zero-order chi connectivity index (χ0) is 23.0. The van der Waals surface area contributed by atoms with Crippen molar-refractivity contribution in [3.05, 3.63) is 29.7 Å². The molecule has 1 spiro atoms. The van der Waals surface area contributed by atoms with Crippen molar-refractivity contribution in [1.29, 1.82) is 0 Å². The first-order chi connectivity index (χ1) is 16.0. The monoisotopic (exact) mass is 457 g/mol. The summed E-state index contributed by atoms with van der Waals surface area (Å²) in [6.07, 6.45) is 7.91. The molecule has 1 atom stereocenters. The van der Waals surface area contributed by atoms with Crippen LogP contribution in [0.1, 0.15) is 38.2 Å². The number of rotatable bonds is 4. The molecule has 1 amide bonds. The number of aromatic nitrogens is 1. The number of hydrogen-bond acceptors (Lipinski definition) is 6. The number of carbonyl (C=O) groups excluding carboxylic acids is 1. The highest BCUT2D eigenvalue weighted by atomic mass is 19.1. The molecule has 180 valence electrons. The van der Waals surface area contributed by atoms with Crippen molar-refractivity contribution in [2.24, 2.45) is 5.41 Å². The van der Waals surface area contributed by atoms with Crippen LogP contribution >= 0.6 is 0 Å². The van der Waals surface area contributed by atoms with Gasteiger partial charge in [-0.2, -0.15) is 0 Å². The number of carbonyl (C=O) groups is 1. The smallest absolute Gasteiger partial charge is 0.409 e. The maximum atomic E-state index is 14.1. The Morgan fingerprint density at radius 3 is 2.73 bits per heavy atom. The summed E-state index contributed by atoms with van der Waals surface area (Å²) in [5, 5.41) is 0. The molecule has 5 rings (SSSR count). The third kappa shape index (κ3) is 4.60. The summed E-state index contributed by atoms with van der Waals surface area (Å²) in [6, 6.07) is 2.26. The van der Waals surface area contributed by atoms with E-state index in [4.69, 9.17) is 4.74 Å². The first-order valence-corrected chi connectivity index (χ1v) is 12.4. The van der Waals surface area contributed by atoms with Crippen LogP contribution in [0.25, 0.3) is 5.57 Å². The number of anilines is 1. The van der Waals surface area contributed by atoms with E-state index in [9.17, 15) is 9.18 Å². The van der Waals surface area contributed by atoms with E-state index in [2.05, 4.69) is 32.8 Å². The van der Waals surface area contributed by atoms with Crippen LogP contribution in [-0.2, 0) is 4.74 Å². The number of amides is 1. The predicted molar refractivity (Wildman–Crippen MR) is 127 cm³/mol. The highest BCUT2D eigenvalue weighted by Crippen LogP contribution is 2.47. The van der Waals surface area contributed by atoms with Gasteiger partial charge in [-0.15, -0.1) is 0 Å². The average Bonchev–Trinajstić information content (AvgIpc) is 3.25. The Bertz CT molecular complexity index is 908. The van der Waals surface area contributed by atoms with E-state index in [1.807, 2.05) is 11.8 Å². The van der Waals surface area contributed by atoms with Crippen LogP contribution in [0.4, 0.5) is 15.0 Å². The molecule has 0 unspecified atom stereocenters. The summed E-state index contributed by atoms with van der Waals surface area (Å²) >= 11 is 0. The molecule has 0 N–H and O–H groups in total. The van der Waals surface area contributed by atoms with Gasteiger partial charge in [0.15, 0.2) is 0 Å². The number of nitrogens with zero attached hydrogens (tertiary/aromatic N) is 5. The van der Waals surface area contributed by atoms with Gasteiger partial charge >= 0.3 is 6.09 Å². The van der Waals surface area contributed by atoms with Crippen molar-refractivity contribution < 1.29 is 13.9 Å². The Balaban J connectivity index is 1.19. The zero-order valence-corrected chi connectivity index (χ0v) is 19.9. The summed E-state index contributed by atoms with van der Waals surface area (Å²) in [5.74, 6) is 0.666. The van der Waals surface area contributed by atoms with Gasteiger partial charge in [0.05, 0.1) is 12.8 Å². The summed E-state index contributed by atoms with van der Waals surface area (Å²) in [5.41, 5.74) is 2.47. The second-order valence-corrected chi connectivity index (χ2v) is 10.2. The van der Waals surface area contributed by atoms with E-state index in [0.717, 1.165) is 70.2 Å². The number of halogens is 1. The molecule has 1 aliphatic carbocycles. The van der Waals surface area contributed by atoms with Gasteiger partial charge in [0.25, 0.3) is 0 Å². The van der Waals surface area contributed by atoms with Crippen LogP contribution < -0.4 is 4.90 Å². The molecule has 3 fully saturated rings. The average molecular weight is 458 g/mol. The molecule has 33 heavy (non-hydrogen) atoms. The predicted octanol–water partition coefficient (Wildman–Crippen LogP) is 3.07. The van der Waals surface area contributed by atoms with E-state index >= 15 is 0 Å². The molecule has 1 saturated carbocycles. The molecular weight excluding hydrogens is 421 g/mol. The van der Waals surface area contributed by atoms with E-state index in [1.165, 1.54) is 31.0 Å². The van der Waals surface area contributed by atoms with E-state index < -0.39 is 0 Å². The van der Waals surface area contributed by atoms with Crippen LogP contribution in [0.5, 0.6) is 0 Å². The Hall–Kier alpha value is -2.19.